The molecule has 1 nitrogen and oxygen atoms in total. The summed E-state index contributed by atoms with van der Waals surface area (Å²) in [5.74, 6) is 1.02. The van der Waals surface area contributed by atoms with E-state index in [1.54, 1.807) is 0 Å². The van der Waals surface area contributed by atoms with Crippen LogP contribution in [-0.2, 0) is 0 Å². The third-order valence-corrected chi connectivity index (χ3v) is 4.56. The zero-order valence-corrected chi connectivity index (χ0v) is 15.6. The van der Waals surface area contributed by atoms with E-state index in [-0.39, 0.29) is 0 Å². The minimum Gasteiger partial charge on any atom is -0.200 e. The van der Waals surface area contributed by atoms with Crippen molar-refractivity contribution in [2.45, 2.75) is 53.4 Å². The summed E-state index contributed by atoms with van der Waals surface area (Å²) in [6, 6.07) is 13.2. The molecule has 0 saturated heterocycles. The van der Waals surface area contributed by atoms with Crippen LogP contribution >= 0.6 is 0 Å². The molecule has 2 rings (SSSR count). The lowest BCUT2D eigenvalue weighted by atomic mass is 9.92. The van der Waals surface area contributed by atoms with Gasteiger partial charge >= 0.3 is 0 Å². The molecular formula is C22H30N+. The van der Waals surface area contributed by atoms with Crippen LogP contribution in [0.1, 0.15) is 67.3 Å². The highest BCUT2D eigenvalue weighted by Crippen LogP contribution is 2.34. The van der Waals surface area contributed by atoms with E-state index >= 15 is 0 Å². The second-order valence-corrected chi connectivity index (χ2v) is 7.14. The maximum Gasteiger partial charge on any atom is 0.211 e. The van der Waals surface area contributed by atoms with E-state index < -0.39 is 0 Å². The molecule has 0 heterocycles. The lowest BCUT2D eigenvalue weighted by Gasteiger charge is -2.15. The minimum atomic E-state index is 0.512. The van der Waals surface area contributed by atoms with Crippen molar-refractivity contribution in [3.63, 3.8) is 0 Å². The third kappa shape index (κ3) is 3.72. The molecule has 0 spiro atoms. The Morgan fingerprint density at radius 1 is 0.783 bits per heavy atom. The summed E-state index contributed by atoms with van der Waals surface area (Å²) < 4.78 is 2.32. The fraction of sp³-hybridized carbons (Fsp3) is 0.409. The van der Waals surface area contributed by atoms with Gasteiger partial charge in [-0.3, -0.25) is 0 Å². The van der Waals surface area contributed by atoms with Crippen LogP contribution in [0.4, 0.5) is 5.69 Å². The summed E-state index contributed by atoms with van der Waals surface area (Å²) in [4.78, 5) is 0. The zero-order valence-electron chi connectivity index (χ0n) is 15.6. The van der Waals surface area contributed by atoms with E-state index in [9.17, 15) is 0 Å². The second kappa shape index (κ2) is 7.12. The molecule has 0 aliphatic heterocycles. The van der Waals surface area contributed by atoms with Gasteiger partial charge in [0, 0.05) is 16.7 Å². The quantitative estimate of drug-likeness (QED) is 0.485. The molecule has 0 unspecified atom stereocenters. The first-order valence-electron chi connectivity index (χ1n) is 8.59. The van der Waals surface area contributed by atoms with Crippen LogP contribution in [0.3, 0.4) is 0 Å². The average molecular weight is 308 g/mol. The zero-order chi connectivity index (χ0) is 17.1. The average Bonchev–Trinajstić information content (AvgIpc) is 2.50. The van der Waals surface area contributed by atoms with E-state index in [0.29, 0.717) is 11.8 Å². The molecule has 0 aliphatic carbocycles. The van der Waals surface area contributed by atoms with Crippen molar-refractivity contribution in [2.24, 2.45) is 0 Å². The van der Waals surface area contributed by atoms with Gasteiger partial charge < -0.3 is 0 Å². The highest BCUT2D eigenvalue weighted by molar-refractivity contribution is 5.81. The van der Waals surface area contributed by atoms with E-state index in [4.69, 9.17) is 0 Å². The Kier molecular flexibility index (Phi) is 5.41. The molecule has 2 aromatic rings. The number of rotatable bonds is 4. The molecule has 0 saturated carbocycles. The van der Waals surface area contributed by atoms with Gasteiger partial charge in [0.05, 0.1) is 0 Å². The van der Waals surface area contributed by atoms with Crippen molar-refractivity contribution in [1.29, 1.82) is 0 Å². The van der Waals surface area contributed by atoms with Crippen LogP contribution in [0.15, 0.2) is 36.4 Å². The highest BCUT2D eigenvalue weighted by atomic mass is 15.0. The Bertz CT molecular complexity index is 674. The van der Waals surface area contributed by atoms with Gasteiger partial charge in [0.25, 0.3) is 0 Å². The van der Waals surface area contributed by atoms with Gasteiger partial charge in [-0.2, -0.15) is 0 Å². The van der Waals surface area contributed by atoms with Crippen molar-refractivity contribution in [3.8, 4) is 0 Å². The van der Waals surface area contributed by atoms with Crippen molar-refractivity contribution < 1.29 is 4.58 Å². The molecule has 0 amide bonds. The predicted octanol–water partition coefficient (Wildman–Crippen LogP) is 5.94. The second-order valence-electron chi connectivity index (χ2n) is 7.14. The largest absolute Gasteiger partial charge is 0.211 e. The summed E-state index contributed by atoms with van der Waals surface area (Å²) in [6.07, 6.45) is 2.29. The summed E-state index contributed by atoms with van der Waals surface area (Å²) >= 11 is 0. The van der Waals surface area contributed by atoms with Crippen LogP contribution in [0, 0.1) is 13.8 Å². The Morgan fingerprint density at radius 2 is 1.22 bits per heavy atom. The fourth-order valence-corrected chi connectivity index (χ4v) is 3.21. The van der Waals surface area contributed by atoms with Crippen molar-refractivity contribution in [3.05, 3.63) is 64.2 Å². The van der Waals surface area contributed by atoms with Crippen molar-refractivity contribution in [1.82, 2.24) is 0 Å². The van der Waals surface area contributed by atoms with E-state index in [1.807, 2.05) is 0 Å². The number of nitrogens with zero attached hydrogens (tertiary/aromatic N) is 1. The maximum atomic E-state index is 2.32. The van der Waals surface area contributed by atoms with Gasteiger partial charge in [0.15, 0.2) is 6.21 Å². The molecule has 0 fully saturated rings. The fourth-order valence-electron chi connectivity index (χ4n) is 3.21. The molecule has 0 bridgehead atoms. The molecule has 122 valence electrons. The van der Waals surface area contributed by atoms with Crippen molar-refractivity contribution >= 4 is 11.9 Å². The van der Waals surface area contributed by atoms with E-state index in [0.717, 1.165) is 0 Å². The molecule has 2 aromatic carbocycles. The molecule has 1 heteroatoms. The lowest BCUT2D eigenvalue weighted by molar-refractivity contribution is -0.400. The van der Waals surface area contributed by atoms with Gasteiger partial charge in [-0.1, -0.05) is 64.1 Å². The van der Waals surface area contributed by atoms with Crippen molar-refractivity contribution in [2.75, 3.05) is 7.05 Å². The van der Waals surface area contributed by atoms with Crippen LogP contribution in [0.25, 0.3) is 0 Å². The monoisotopic (exact) mass is 308 g/mol. The molecule has 0 aliphatic rings. The predicted molar refractivity (Wildman–Crippen MR) is 102 cm³/mol. The maximum absolute atomic E-state index is 2.32. The first-order chi connectivity index (χ1) is 10.8. The normalized spacial score (nSPS) is 12.3. The molecule has 0 radical (unpaired) electrons. The van der Waals surface area contributed by atoms with E-state index in [2.05, 4.69) is 95.8 Å². The van der Waals surface area contributed by atoms with Crippen LogP contribution in [-0.4, -0.2) is 17.8 Å². The SMILES string of the molecule is Cc1cccc(C)c1C=[N+](C)c1c(C(C)C)cccc1C(C)C. The Hall–Kier alpha value is -1.89. The lowest BCUT2D eigenvalue weighted by Crippen LogP contribution is -2.10. The molecule has 23 heavy (non-hydrogen) atoms. The molecule has 0 atom stereocenters. The smallest absolute Gasteiger partial charge is 0.200 e. The minimum absolute atomic E-state index is 0.512. The highest BCUT2D eigenvalue weighted by Gasteiger charge is 2.21. The molecule has 0 N–H and O–H groups in total. The van der Waals surface area contributed by atoms with Crippen LogP contribution < -0.4 is 0 Å². The number of aryl methyl sites for hydroxylation is 2. The summed E-state index contributed by atoms with van der Waals surface area (Å²) in [5.41, 5.74) is 8.17. The third-order valence-electron chi connectivity index (χ3n) is 4.56. The van der Waals surface area contributed by atoms with Crippen LogP contribution in [0.5, 0.6) is 0 Å². The summed E-state index contributed by atoms with van der Waals surface area (Å²) in [6.45, 7) is 13.5. The molecule has 0 aromatic heterocycles. The van der Waals surface area contributed by atoms with Crippen LogP contribution in [0.2, 0.25) is 0 Å². The van der Waals surface area contributed by atoms with E-state index in [1.165, 1.54) is 33.5 Å². The topological polar surface area (TPSA) is 3.01 Å². The first-order valence-corrected chi connectivity index (χ1v) is 8.59. The number of benzene rings is 2. The van der Waals surface area contributed by atoms with Gasteiger partial charge in [-0.25, -0.2) is 4.58 Å². The molecular weight excluding hydrogens is 278 g/mol. The summed E-state index contributed by atoms with van der Waals surface area (Å²) in [5, 5.41) is 0. The Balaban J connectivity index is 2.67. The number of hydrogen-bond acceptors (Lipinski definition) is 0. The van der Waals surface area contributed by atoms with Gasteiger partial charge in [-0.05, 0) is 36.8 Å². The number of hydrogen-bond donors (Lipinski definition) is 0. The number of para-hydroxylation sites is 1. The van der Waals surface area contributed by atoms with Gasteiger partial charge in [-0.15, -0.1) is 0 Å². The van der Waals surface area contributed by atoms with Gasteiger partial charge in [0.1, 0.15) is 7.05 Å². The standard InChI is InChI=1S/C22H30N/c1-15(2)19-12-9-13-20(16(3)4)22(19)23(7)14-21-17(5)10-8-11-18(21)6/h8-16H,1-7H3/q+1. The Labute approximate surface area is 141 Å². The summed E-state index contributed by atoms with van der Waals surface area (Å²) in [7, 11) is 2.18. The van der Waals surface area contributed by atoms with Gasteiger partial charge in [0.2, 0.25) is 5.69 Å². The first kappa shape index (κ1) is 17.5. The Morgan fingerprint density at radius 3 is 1.65 bits per heavy atom.